The lowest BCUT2D eigenvalue weighted by atomic mass is 10.0. The number of sulfonamides is 1. The fourth-order valence-electron chi connectivity index (χ4n) is 3.58. The third-order valence-corrected chi connectivity index (χ3v) is 6.48. The van der Waals surface area contributed by atoms with Crippen molar-refractivity contribution in [2.75, 3.05) is 10.6 Å². The zero-order valence-electron chi connectivity index (χ0n) is 15.6. The maximum Gasteiger partial charge on any atom is 0.251 e. The summed E-state index contributed by atoms with van der Waals surface area (Å²) in [6.07, 6.45) is 2.56. The van der Waals surface area contributed by atoms with Crippen LogP contribution < -0.4 is 9.62 Å². The van der Waals surface area contributed by atoms with Crippen molar-refractivity contribution in [3.63, 3.8) is 0 Å². The van der Waals surface area contributed by atoms with E-state index in [1.165, 1.54) is 10.6 Å². The second-order valence-electron chi connectivity index (χ2n) is 7.16. The summed E-state index contributed by atoms with van der Waals surface area (Å²) in [5.74, 6) is -0.145. The molecule has 1 heterocycles. The molecule has 3 rings (SSSR count). The van der Waals surface area contributed by atoms with E-state index in [4.69, 9.17) is 0 Å². The van der Waals surface area contributed by atoms with Crippen LogP contribution in [-0.4, -0.2) is 32.7 Å². The van der Waals surface area contributed by atoms with E-state index in [0.29, 0.717) is 17.7 Å². The van der Waals surface area contributed by atoms with Crippen molar-refractivity contribution < 1.29 is 13.2 Å². The van der Waals surface area contributed by atoms with Gasteiger partial charge in [0.25, 0.3) is 5.91 Å². The highest BCUT2D eigenvalue weighted by atomic mass is 79.9. The number of hydrogen-bond acceptors (Lipinski definition) is 3. The Morgan fingerprint density at radius 2 is 1.93 bits per heavy atom. The smallest absolute Gasteiger partial charge is 0.251 e. The number of halogens is 1. The van der Waals surface area contributed by atoms with Gasteiger partial charge in [-0.15, -0.1) is 0 Å². The second-order valence-corrected chi connectivity index (χ2v) is 9.94. The van der Waals surface area contributed by atoms with Crippen LogP contribution in [0.1, 0.15) is 35.3 Å². The number of carbonyl (C=O) groups excluding carboxylic acids is 1. The Morgan fingerprint density at radius 1 is 1.26 bits per heavy atom. The molecular weight excluding hydrogens is 428 g/mol. The number of fused-ring (bicyclic) bond motifs is 1. The number of carbonyl (C=O) groups is 1. The Hall–Kier alpha value is -1.86. The van der Waals surface area contributed by atoms with Gasteiger partial charge in [0.05, 0.1) is 11.9 Å². The number of amides is 1. The Morgan fingerprint density at radius 3 is 2.56 bits per heavy atom. The van der Waals surface area contributed by atoms with Crippen LogP contribution in [0.4, 0.5) is 5.69 Å². The number of nitrogens with one attached hydrogen (secondary N) is 1. The molecule has 1 aliphatic heterocycles. The summed E-state index contributed by atoms with van der Waals surface area (Å²) in [7, 11) is -3.33. The monoisotopic (exact) mass is 450 g/mol. The summed E-state index contributed by atoms with van der Waals surface area (Å²) < 4.78 is 26.5. The lowest BCUT2D eigenvalue weighted by molar-refractivity contribution is 0.0940. The molecule has 0 aliphatic carbocycles. The van der Waals surface area contributed by atoms with Gasteiger partial charge in [-0.1, -0.05) is 28.1 Å². The van der Waals surface area contributed by atoms with Gasteiger partial charge in [-0.05, 0) is 68.1 Å². The van der Waals surface area contributed by atoms with Gasteiger partial charge in [0.2, 0.25) is 10.0 Å². The van der Waals surface area contributed by atoms with Gasteiger partial charge in [0, 0.05) is 22.1 Å². The molecule has 1 aliphatic rings. The molecule has 0 saturated heterocycles. The minimum Gasteiger partial charge on any atom is -0.349 e. The highest BCUT2D eigenvalue weighted by molar-refractivity contribution is 9.10. The molecule has 0 fully saturated rings. The minimum atomic E-state index is -3.33. The largest absolute Gasteiger partial charge is 0.349 e. The number of rotatable bonds is 5. The van der Waals surface area contributed by atoms with Crippen molar-refractivity contribution in [3.05, 3.63) is 63.6 Å². The molecule has 27 heavy (non-hydrogen) atoms. The van der Waals surface area contributed by atoms with E-state index < -0.39 is 10.0 Å². The Kier molecular flexibility index (Phi) is 5.63. The topological polar surface area (TPSA) is 66.5 Å². The van der Waals surface area contributed by atoms with Crippen LogP contribution in [0.3, 0.4) is 0 Å². The number of anilines is 1. The van der Waals surface area contributed by atoms with E-state index in [1.54, 1.807) is 18.2 Å². The predicted molar refractivity (Wildman–Crippen MR) is 112 cm³/mol. The number of hydrogen-bond donors (Lipinski definition) is 1. The van der Waals surface area contributed by atoms with Gasteiger partial charge in [-0.2, -0.15) is 0 Å². The molecule has 5 nitrogen and oxygen atoms in total. The van der Waals surface area contributed by atoms with Gasteiger partial charge < -0.3 is 5.32 Å². The molecule has 0 spiro atoms. The lowest BCUT2D eigenvalue weighted by Gasteiger charge is -2.22. The van der Waals surface area contributed by atoms with Crippen molar-refractivity contribution in [2.24, 2.45) is 0 Å². The zero-order valence-corrected chi connectivity index (χ0v) is 18.0. The maximum absolute atomic E-state index is 12.6. The van der Waals surface area contributed by atoms with Gasteiger partial charge in [-0.3, -0.25) is 9.10 Å². The molecule has 0 bridgehead atoms. The van der Waals surface area contributed by atoms with Gasteiger partial charge in [0.15, 0.2) is 0 Å². The first kappa shape index (κ1) is 19.9. The maximum atomic E-state index is 12.6. The Bertz CT molecular complexity index is 958. The van der Waals surface area contributed by atoms with Crippen LogP contribution >= 0.6 is 15.9 Å². The summed E-state index contributed by atoms with van der Waals surface area (Å²) in [4.78, 5) is 12.6. The number of benzene rings is 2. The molecule has 2 unspecified atom stereocenters. The molecule has 0 radical (unpaired) electrons. The van der Waals surface area contributed by atoms with Gasteiger partial charge in [0.1, 0.15) is 0 Å². The molecule has 2 aromatic carbocycles. The van der Waals surface area contributed by atoms with Gasteiger partial charge >= 0.3 is 0 Å². The minimum absolute atomic E-state index is 0.0154. The van der Waals surface area contributed by atoms with Crippen molar-refractivity contribution in [1.29, 1.82) is 0 Å². The molecule has 0 saturated carbocycles. The molecule has 144 valence electrons. The standard InChI is InChI=1S/C20H23BrN2O3S/c1-13(10-15-4-7-18(21)8-5-15)22-20(24)16-6-9-19-17(12-16)11-14(2)23(19)27(3,25)26/h4-9,12-14H,10-11H2,1-3H3,(H,22,24). The molecule has 2 aromatic rings. The van der Waals surface area contributed by atoms with Crippen LogP contribution in [0.15, 0.2) is 46.9 Å². The lowest BCUT2D eigenvalue weighted by Crippen LogP contribution is -2.34. The van der Waals surface area contributed by atoms with E-state index in [9.17, 15) is 13.2 Å². The van der Waals surface area contributed by atoms with Crippen LogP contribution in [0.5, 0.6) is 0 Å². The van der Waals surface area contributed by atoms with Crippen molar-refractivity contribution >= 4 is 37.5 Å². The van der Waals surface area contributed by atoms with Crippen LogP contribution in [-0.2, 0) is 22.9 Å². The quantitative estimate of drug-likeness (QED) is 0.757. The van der Waals surface area contributed by atoms with E-state index >= 15 is 0 Å². The fourth-order valence-corrected chi connectivity index (χ4v) is 5.11. The average molecular weight is 451 g/mol. The van der Waals surface area contributed by atoms with Crippen molar-refractivity contribution in [2.45, 2.75) is 38.8 Å². The van der Waals surface area contributed by atoms with Crippen LogP contribution in [0.2, 0.25) is 0 Å². The molecule has 1 amide bonds. The van der Waals surface area contributed by atoms with Crippen molar-refractivity contribution in [1.82, 2.24) is 5.32 Å². The normalized spacial score (nSPS) is 17.5. The van der Waals surface area contributed by atoms with Crippen molar-refractivity contribution in [3.8, 4) is 0 Å². The second kappa shape index (κ2) is 7.64. The summed E-state index contributed by atoms with van der Waals surface area (Å²) >= 11 is 3.42. The predicted octanol–water partition coefficient (Wildman–Crippen LogP) is 3.52. The first-order valence-corrected chi connectivity index (χ1v) is 11.5. The Labute approximate surface area is 169 Å². The molecule has 0 aromatic heterocycles. The molecule has 1 N–H and O–H groups in total. The summed E-state index contributed by atoms with van der Waals surface area (Å²) in [5.41, 5.74) is 3.27. The van der Waals surface area contributed by atoms with E-state index in [1.807, 2.05) is 38.1 Å². The van der Waals surface area contributed by atoms with Crippen LogP contribution in [0.25, 0.3) is 0 Å². The summed E-state index contributed by atoms with van der Waals surface area (Å²) in [6, 6.07) is 13.1. The zero-order chi connectivity index (χ0) is 19.8. The van der Waals surface area contributed by atoms with E-state index in [-0.39, 0.29) is 18.0 Å². The third-order valence-electron chi connectivity index (χ3n) is 4.68. The molecule has 7 heteroatoms. The first-order valence-electron chi connectivity index (χ1n) is 8.83. The summed E-state index contributed by atoms with van der Waals surface area (Å²) in [6.45, 7) is 3.85. The average Bonchev–Trinajstić information content (AvgIpc) is 2.91. The first-order chi connectivity index (χ1) is 12.6. The Balaban J connectivity index is 1.71. The van der Waals surface area contributed by atoms with Crippen LogP contribution in [0, 0.1) is 0 Å². The summed E-state index contributed by atoms with van der Waals surface area (Å²) in [5, 5.41) is 3.02. The highest BCUT2D eigenvalue weighted by Crippen LogP contribution is 2.34. The molecule has 2 atom stereocenters. The number of nitrogens with zero attached hydrogens (tertiary/aromatic N) is 1. The fraction of sp³-hybridized carbons (Fsp3) is 0.350. The van der Waals surface area contributed by atoms with E-state index in [2.05, 4.69) is 21.2 Å². The van der Waals surface area contributed by atoms with Gasteiger partial charge in [-0.25, -0.2) is 8.42 Å². The third kappa shape index (κ3) is 4.52. The van der Waals surface area contributed by atoms with E-state index in [0.717, 1.165) is 22.0 Å². The highest BCUT2D eigenvalue weighted by Gasteiger charge is 2.32. The molecular formula is C20H23BrN2O3S. The SMILES string of the molecule is CC(Cc1ccc(Br)cc1)NC(=O)c1ccc2c(c1)CC(C)N2S(C)(=O)=O.